The minimum Gasteiger partial charge on any atom is -0.495 e. The summed E-state index contributed by atoms with van der Waals surface area (Å²) in [5.41, 5.74) is 0.538. The fraction of sp³-hybridized carbons (Fsp3) is 0.500. The zero-order valence-electron chi connectivity index (χ0n) is 12.0. The normalized spacial score (nSPS) is 10.4. The van der Waals surface area contributed by atoms with Gasteiger partial charge in [-0.2, -0.15) is 0 Å². The Morgan fingerprint density at radius 2 is 2.15 bits per heavy atom. The van der Waals surface area contributed by atoms with Gasteiger partial charge in [0, 0.05) is 18.2 Å². The molecule has 0 unspecified atom stereocenters. The smallest absolute Gasteiger partial charge is 0.319 e. The lowest BCUT2D eigenvalue weighted by atomic mass is 10.3. The highest BCUT2D eigenvalue weighted by Gasteiger charge is 2.07. The number of hydrogen-bond acceptors (Lipinski definition) is 3. The monoisotopic (exact) mass is 300 g/mol. The minimum atomic E-state index is -0.296. The largest absolute Gasteiger partial charge is 0.495 e. The molecule has 2 N–H and O–H groups in total. The molecule has 5 nitrogen and oxygen atoms in total. The topological polar surface area (TPSA) is 59.6 Å². The van der Waals surface area contributed by atoms with Crippen molar-refractivity contribution in [2.24, 2.45) is 0 Å². The number of urea groups is 1. The lowest BCUT2D eigenvalue weighted by molar-refractivity contribution is 0.0775. The summed E-state index contributed by atoms with van der Waals surface area (Å²) in [5.74, 6) is 0.563. The third-order valence-electron chi connectivity index (χ3n) is 2.47. The van der Waals surface area contributed by atoms with Crippen molar-refractivity contribution in [2.75, 3.05) is 25.6 Å². The average molecular weight is 301 g/mol. The van der Waals surface area contributed by atoms with Crippen LogP contribution in [0.2, 0.25) is 5.02 Å². The SMILES string of the molecule is COc1ccc(Cl)cc1NC(=O)NCCCOC(C)C. The van der Waals surface area contributed by atoms with E-state index in [9.17, 15) is 4.79 Å². The fourth-order valence-corrected chi connectivity index (χ4v) is 1.71. The molecule has 0 aliphatic heterocycles. The molecule has 0 atom stereocenters. The molecular formula is C14H21ClN2O3. The Kier molecular flexibility index (Phi) is 7.18. The Labute approximate surface area is 124 Å². The van der Waals surface area contributed by atoms with Crippen molar-refractivity contribution in [1.82, 2.24) is 5.32 Å². The van der Waals surface area contributed by atoms with Gasteiger partial charge in [0.1, 0.15) is 5.75 Å². The molecule has 0 saturated heterocycles. The molecule has 6 heteroatoms. The Balaban J connectivity index is 2.37. The van der Waals surface area contributed by atoms with Crippen molar-refractivity contribution >= 4 is 23.3 Å². The molecule has 2 amide bonds. The number of carbonyl (C=O) groups is 1. The standard InChI is InChI=1S/C14H21ClN2O3/c1-10(2)20-8-4-7-16-14(18)17-12-9-11(15)5-6-13(12)19-3/h5-6,9-10H,4,7-8H2,1-3H3,(H2,16,17,18). The first-order chi connectivity index (χ1) is 9.52. The molecule has 1 aromatic rings. The van der Waals surface area contributed by atoms with Crippen molar-refractivity contribution < 1.29 is 14.3 Å². The van der Waals surface area contributed by atoms with Crippen molar-refractivity contribution in [3.05, 3.63) is 23.2 Å². The van der Waals surface area contributed by atoms with Crippen LogP contribution in [0.3, 0.4) is 0 Å². The molecule has 20 heavy (non-hydrogen) atoms. The van der Waals surface area contributed by atoms with Gasteiger partial charge in [0.2, 0.25) is 0 Å². The van der Waals surface area contributed by atoms with E-state index < -0.39 is 0 Å². The van der Waals surface area contributed by atoms with Crippen LogP contribution in [0, 0.1) is 0 Å². The highest BCUT2D eigenvalue weighted by Crippen LogP contribution is 2.27. The molecule has 0 heterocycles. The van der Waals surface area contributed by atoms with Gasteiger partial charge in [-0.05, 0) is 38.5 Å². The lowest BCUT2D eigenvalue weighted by Crippen LogP contribution is -2.30. The van der Waals surface area contributed by atoms with Gasteiger partial charge in [0.15, 0.2) is 0 Å². The van der Waals surface area contributed by atoms with E-state index in [1.165, 1.54) is 7.11 Å². The molecule has 1 rings (SSSR count). The van der Waals surface area contributed by atoms with Gasteiger partial charge in [-0.1, -0.05) is 11.6 Å². The summed E-state index contributed by atoms with van der Waals surface area (Å²) in [6, 6.07) is 4.75. The number of hydrogen-bond donors (Lipinski definition) is 2. The highest BCUT2D eigenvalue weighted by atomic mass is 35.5. The number of amides is 2. The number of benzene rings is 1. The van der Waals surface area contributed by atoms with Crippen LogP contribution in [0.4, 0.5) is 10.5 Å². The van der Waals surface area contributed by atoms with E-state index in [0.717, 1.165) is 6.42 Å². The number of nitrogens with one attached hydrogen (secondary N) is 2. The van der Waals surface area contributed by atoms with E-state index in [2.05, 4.69) is 10.6 Å². The van der Waals surface area contributed by atoms with E-state index in [-0.39, 0.29) is 12.1 Å². The van der Waals surface area contributed by atoms with Gasteiger partial charge in [-0.3, -0.25) is 0 Å². The molecular weight excluding hydrogens is 280 g/mol. The predicted octanol–water partition coefficient (Wildman–Crippen LogP) is 3.29. The van der Waals surface area contributed by atoms with Crippen LogP contribution in [0.1, 0.15) is 20.3 Å². The van der Waals surface area contributed by atoms with Crippen molar-refractivity contribution in [1.29, 1.82) is 0 Å². The van der Waals surface area contributed by atoms with Crippen LogP contribution in [-0.4, -0.2) is 32.4 Å². The quantitative estimate of drug-likeness (QED) is 0.760. The van der Waals surface area contributed by atoms with Crippen LogP contribution in [-0.2, 0) is 4.74 Å². The maximum atomic E-state index is 11.7. The Hall–Kier alpha value is -1.46. The zero-order chi connectivity index (χ0) is 15.0. The summed E-state index contributed by atoms with van der Waals surface area (Å²) in [4.78, 5) is 11.7. The molecule has 112 valence electrons. The second-order valence-corrected chi connectivity index (χ2v) is 4.94. The lowest BCUT2D eigenvalue weighted by Gasteiger charge is -2.12. The van der Waals surface area contributed by atoms with E-state index >= 15 is 0 Å². The zero-order valence-corrected chi connectivity index (χ0v) is 12.8. The number of anilines is 1. The van der Waals surface area contributed by atoms with Gasteiger partial charge >= 0.3 is 6.03 Å². The van der Waals surface area contributed by atoms with E-state index in [0.29, 0.717) is 29.6 Å². The third-order valence-corrected chi connectivity index (χ3v) is 2.70. The van der Waals surface area contributed by atoms with Crippen molar-refractivity contribution in [3.8, 4) is 5.75 Å². The summed E-state index contributed by atoms with van der Waals surface area (Å²) < 4.78 is 10.5. The van der Waals surface area contributed by atoms with Gasteiger partial charge in [0.25, 0.3) is 0 Å². The Morgan fingerprint density at radius 3 is 2.80 bits per heavy atom. The van der Waals surface area contributed by atoms with Crippen LogP contribution in [0.5, 0.6) is 5.75 Å². The predicted molar refractivity (Wildman–Crippen MR) is 80.7 cm³/mol. The van der Waals surface area contributed by atoms with Crippen molar-refractivity contribution in [2.45, 2.75) is 26.4 Å². The molecule has 0 aliphatic rings. The molecule has 0 saturated carbocycles. The van der Waals surface area contributed by atoms with Crippen molar-refractivity contribution in [3.63, 3.8) is 0 Å². The van der Waals surface area contributed by atoms with Gasteiger partial charge in [-0.15, -0.1) is 0 Å². The summed E-state index contributed by atoms with van der Waals surface area (Å²) in [6.07, 6.45) is 0.970. The van der Waals surface area contributed by atoms with Gasteiger partial charge < -0.3 is 20.1 Å². The molecule has 0 bridgehead atoms. The first-order valence-electron chi connectivity index (χ1n) is 6.53. The first-order valence-corrected chi connectivity index (χ1v) is 6.90. The van der Waals surface area contributed by atoms with E-state index in [1.54, 1.807) is 18.2 Å². The Morgan fingerprint density at radius 1 is 1.40 bits per heavy atom. The summed E-state index contributed by atoms with van der Waals surface area (Å²) in [6.45, 7) is 5.12. The minimum absolute atomic E-state index is 0.208. The number of methoxy groups -OCH3 is 1. The van der Waals surface area contributed by atoms with Crippen LogP contribution >= 0.6 is 11.6 Å². The fourth-order valence-electron chi connectivity index (χ4n) is 1.54. The average Bonchev–Trinajstić information content (AvgIpc) is 2.38. The maximum absolute atomic E-state index is 11.7. The Bertz CT molecular complexity index is 438. The maximum Gasteiger partial charge on any atom is 0.319 e. The molecule has 0 spiro atoms. The molecule has 0 aliphatic carbocycles. The van der Waals surface area contributed by atoms with Crippen LogP contribution in [0.25, 0.3) is 0 Å². The summed E-state index contributed by atoms with van der Waals surface area (Å²) >= 11 is 5.89. The number of carbonyl (C=O) groups excluding carboxylic acids is 1. The molecule has 0 fully saturated rings. The number of halogens is 1. The van der Waals surface area contributed by atoms with Gasteiger partial charge in [0.05, 0.1) is 18.9 Å². The third kappa shape index (κ3) is 6.12. The first kappa shape index (κ1) is 16.6. The highest BCUT2D eigenvalue weighted by molar-refractivity contribution is 6.31. The molecule has 0 aromatic heterocycles. The molecule has 1 aromatic carbocycles. The van der Waals surface area contributed by atoms with E-state index in [4.69, 9.17) is 21.1 Å². The molecule has 0 radical (unpaired) electrons. The summed E-state index contributed by atoms with van der Waals surface area (Å²) in [7, 11) is 1.54. The number of ether oxygens (including phenoxy) is 2. The van der Waals surface area contributed by atoms with Gasteiger partial charge in [-0.25, -0.2) is 4.79 Å². The second kappa shape index (κ2) is 8.66. The van der Waals surface area contributed by atoms with Crippen LogP contribution < -0.4 is 15.4 Å². The van der Waals surface area contributed by atoms with E-state index in [1.807, 2.05) is 13.8 Å². The van der Waals surface area contributed by atoms with Crippen LogP contribution in [0.15, 0.2) is 18.2 Å². The number of rotatable bonds is 7. The summed E-state index contributed by atoms with van der Waals surface area (Å²) in [5, 5.41) is 5.98. The second-order valence-electron chi connectivity index (χ2n) is 4.50.